The van der Waals surface area contributed by atoms with Crippen LogP contribution in [0, 0.1) is 0 Å². The molecule has 4 aromatic rings. The zero-order valence-electron chi connectivity index (χ0n) is 42.3. The number of rotatable bonds is 35. The lowest BCUT2D eigenvalue weighted by molar-refractivity contribution is -0.145. The topological polar surface area (TPSA) is 437 Å². The summed E-state index contributed by atoms with van der Waals surface area (Å²) in [6, 6.07) is 7.05. The van der Waals surface area contributed by atoms with Gasteiger partial charge in [-0.15, -0.1) is 15.3 Å². The van der Waals surface area contributed by atoms with E-state index in [4.69, 9.17) is 22.6 Å². The van der Waals surface area contributed by atoms with Crippen LogP contribution in [0.2, 0.25) is 0 Å². The lowest BCUT2D eigenvalue weighted by Gasteiger charge is -2.31. The molecule has 0 spiro atoms. The van der Waals surface area contributed by atoms with Gasteiger partial charge in [0, 0.05) is 44.1 Å². The summed E-state index contributed by atoms with van der Waals surface area (Å²) >= 11 is 0.611. The number of hydrogen-bond acceptors (Lipinski definition) is 19. The molecule has 32 heteroatoms. The number of hydrogen-bond donors (Lipinski definition) is 12. The van der Waals surface area contributed by atoms with E-state index in [-0.39, 0.29) is 81.8 Å². The number of aromatic hydroxyl groups is 2. The van der Waals surface area contributed by atoms with Gasteiger partial charge in [-0.2, -0.15) is 0 Å². The molecule has 0 bridgehead atoms. The Morgan fingerprint density at radius 1 is 0.718 bits per heavy atom. The first-order chi connectivity index (χ1) is 37.1. The smallest absolute Gasteiger partial charge is 0.326 e. The molecular weight excluding hydrogens is 1070 g/mol. The Labute approximate surface area is 452 Å². The van der Waals surface area contributed by atoms with Crippen molar-refractivity contribution in [2.45, 2.75) is 106 Å². The Kier molecular flexibility index (Phi) is 25.3. The molecule has 78 heavy (non-hydrogen) atoms. The van der Waals surface area contributed by atoms with E-state index in [0.717, 1.165) is 0 Å². The van der Waals surface area contributed by atoms with Gasteiger partial charge in [0.2, 0.25) is 47.0 Å². The van der Waals surface area contributed by atoms with Gasteiger partial charge in [-0.25, -0.2) is 23.1 Å². The van der Waals surface area contributed by atoms with E-state index in [1.165, 1.54) is 24.3 Å². The molecular formula is C46H62BN13O16S2. The summed E-state index contributed by atoms with van der Waals surface area (Å²) in [4.78, 5) is 101. The van der Waals surface area contributed by atoms with Crippen LogP contribution in [0.25, 0.3) is 0 Å². The van der Waals surface area contributed by atoms with Gasteiger partial charge < -0.3 is 67.0 Å². The van der Waals surface area contributed by atoms with Crippen molar-refractivity contribution >= 4 is 82.0 Å². The number of carboxylic acids is 2. The molecule has 2 aromatic carbocycles. The third-order valence-corrected chi connectivity index (χ3v) is 13.7. The fourth-order valence-corrected chi connectivity index (χ4v) is 8.79. The molecule has 4 rings (SSSR count). The van der Waals surface area contributed by atoms with Gasteiger partial charge in [0.15, 0.2) is 0 Å². The van der Waals surface area contributed by atoms with Crippen LogP contribution in [0.1, 0.15) is 81.5 Å². The van der Waals surface area contributed by atoms with Crippen LogP contribution in [0.5, 0.6) is 11.5 Å². The summed E-state index contributed by atoms with van der Waals surface area (Å²) < 4.78 is 34.7. The molecule has 2 heterocycles. The highest BCUT2D eigenvalue weighted by atomic mass is 32.2. The lowest BCUT2D eigenvalue weighted by atomic mass is 9.73. The van der Waals surface area contributed by atoms with Gasteiger partial charge in [-0.1, -0.05) is 47.7 Å². The number of carbonyl (C=O) groups excluding carboxylic acids is 6. The number of phenols is 2. The SMILES string of the molecule is [B]NC(=O)NCCOCCOCCNC(=O)[C@H](CCCCn1cc(CCCC(=O)Nc2nnc(S(N)(=O)=O)s2)nn1)NC(=O)C[C@H](NC(=O)C[C@H](NC(=O)CCC(C)(c1ccc(O)cc1)c1ccc(O)cc1)C(=O)O)C(=O)O. The largest absolute Gasteiger partial charge is 0.508 e. The average molecular weight is 1130 g/mol. The number of unbranched alkanes of at least 4 members (excludes halogenated alkanes) is 1. The Bertz CT molecular complexity index is 2720. The molecule has 0 fully saturated rings. The van der Waals surface area contributed by atoms with E-state index < -0.39 is 98.3 Å². The van der Waals surface area contributed by atoms with Crippen molar-refractivity contribution < 1.29 is 76.7 Å². The number of nitrogens with one attached hydrogen (secondary N) is 7. The van der Waals surface area contributed by atoms with E-state index in [1.807, 2.05) is 12.2 Å². The zero-order valence-corrected chi connectivity index (χ0v) is 44.0. The van der Waals surface area contributed by atoms with E-state index in [9.17, 15) is 67.2 Å². The maximum Gasteiger partial charge on any atom is 0.326 e. The number of carbonyl (C=O) groups is 8. The number of nitrogens with zero attached hydrogens (tertiary/aromatic N) is 5. The molecule has 13 N–H and O–H groups in total. The molecule has 0 unspecified atom stereocenters. The van der Waals surface area contributed by atoms with Crippen LogP contribution in [0.3, 0.4) is 0 Å². The van der Waals surface area contributed by atoms with E-state index in [1.54, 1.807) is 35.1 Å². The summed E-state index contributed by atoms with van der Waals surface area (Å²) in [6.45, 7) is 2.87. The predicted molar refractivity (Wildman–Crippen MR) is 276 cm³/mol. The van der Waals surface area contributed by atoms with Crippen molar-refractivity contribution in [2.75, 3.05) is 44.8 Å². The van der Waals surface area contributed by atoms with Crippen LogP contribution in [-0.4, -0.2) is 167 Å². The first-order valence-corrected chi connectivity index (χ1v) is 26.6. The lowest BCUT2D eigenvalue weighted by Crippen LogP contribution is -2.51. The predicted octanol–water partition coefficient (Wildman–Crippen LogP) is -0.958. The van der Waals surface area contributed by atoms with E-state index >= 15 is 0 Å². The Balaban J connectivity index is 1.30. The normalized spacial score (nSPS) is 12.5. The number of sulfonamides is 1. The third-order valence-electron chi connectivity index (χ3n) is 11.6. The van der Waals surface area contributed by atoms with Crippen LogP contribution in [0.4, 0.5) is 9.93 Å². The summed E-state index contributed by atoms with van der Waals surface area (Å²) in [5, 5.41) is 76.3. The highest BCUT2D eigenvalue weighted by Crippen LogP contribution is 2.38. The molecule has 7 amide bonds. The van der Waals surface area contributed by atoms with Gasteiger partial charge in [-0.3, -0.25) is 33.4 Å². The van der Waals surface area contributed by atoms with Crippen LogP contribution in [0.15, 0.2) is 59.1 Å². The molecule has 0 saturated carbocycles. The molecule has 0 aliphatic heterocycles. The van der Waals surface area contributed by atoms with Crippen molar-refractivity contribution in [1.82, 2.24) is 57.0 Å². The Morgan fingerprint density at radius 3 is 1.81 bits per heavy atom. The summed E-state index contributed by atoms with van der Waals surface area (Å²) in [6.07, 6.45) is 1.34. The number of anilines is 1. The number of urea groups is 1. The summed E-state index contributed by atoms with van der Waals surface area (Å²) in [5.74, 6) is -7.14. The van der Waals surface area contributed by atoms with E-state index in [2.05, 4.69) is 52.4 Å². The zero-order chi connectivity index (χ0) is 57.3. The Morgan fingerprint density at radius 2 is 1.27 bits per heavy atom. The highest BCUT2D eigenvalue weighted by molar-refractivity contribution is 7.91. The minimum Gasteiger partial charge on any atom is -0.508 e. The van der Waals surface area contributed by atoms with Crippen molar-refractivity contribution in [1.29, 1.82) is 0 Å². The van der Waals surface area contributed by atoms with Gasteiger partial charge in [-0.05, 0) is 73.9 Å². The number of benzene rings is 2. The number of aryl methyl sites for hydroxylation is 2. The molecule has 0 aliphatic rings. The maximum atomic E-state index is 13.4. The number of phenolic OH excluding ortho intramolecular Hbond substituents is 2. The monoisotopic (exact) mass is 1130 g/mol. The van der Waals surface area contributed by atoms with Crippen molar-refractivity contribution in [2.24, 2.45) is 5.14 Å². The molecule has 0 aliphatic carbocycles. The van der Waals surface area contributed by atoms with E-state index in [0.29, 0.717) is 60.4 Å². The summed E-state index contributed by atoms with van der Waals surface area (Å²) in [5.41, 5.74) is 1.10. The summed E-state index contributed by atoms with van der Waals surface area (Å²) in [7, 11) is 0.921. The number of aliphatic carboxylic acids is 2. The number of aromatic nitrogens is 5. The average Bonchev–Trinajstić information content (AvgIpc) is 4.08. The first kappa shape index (κ1) is 62.7. The number of carboxylic acid groups (broad SMARTS) is 2. The first-order valence-electron chi connectivity index (χ1n) is 24.2. The molecule has 422 valence electrons. The van der Waals surface area contributed by atoms with Gasteiger partial charge in [0.1, 0.15) is 29.6 Å². The van der Waals surface area contributed by atoms with Crippen molar-refractivity contribution in [3.8, 4) is 11.5 Å². The van der Waals surface area contributed by atoms with Gasteiger partial charge in [0.05, 0.1) is 45.0 Å². The van der Waals surface area contributed by atoms with Crippen LogP contribution >= 0.6 is 11.3 Å². The van der Waals surface area contributed by atoms with Crippen LogP contribution in [-0.2, 0) is 71.4 Å². The fourth-order valence-electron chi connectivity index (χ4n) is 7.44. The molecule has 2 aromatic heterocycles. The molecule has 0 saturated heterocycles. The quantitative estimate of drug-likeness (QED) is 0.0150. The van der Waals surface area contributed by atoms with Gasteiger partial charge in [0.25, 0.3) is 10.0 Å². The minimum atomic E-state index is -4.07. The fraction of sp³-hybridized carbons (Fsp3) is 0.478. The molecule has 3 atom stereocenters. The van der Waals surface area contributed by atoms with Crippen molar-refractivity contribution in [3.63, 3.8) is 0 Å². The second-order valence-corrected chi connectivity index (χ2v) is 20.3. The number of nitrogens with two attached hydrogens (primary N) is 1. The van der Waals surface area contributed by atoms with Gasteiger partial charge >= 0.3 is 18.0 Å². The number of ether oxygens (including phenoxy) is 2. The standard InChI is InChI=1S/C46H62BN13O16S2/c1-46(28-8-12-31(61)13-9-28,29-10-14-32(62)15-11-29)17-16-37(64)52-34(41(68)69)25-39(66)53-35(42(70)71)26-38(65)51-33(40(67)49-18-21-75-23-24-76-22-19-50-43(72)55-47)6-2-3-20-60-27-30(56-59-60)5-4-7-36(63)54-44-57-58-45(77-44)78(48,73)74/h8-15,27,33-35,61-62H,2-7,16-26H2,1H3,(H,49,67)(H,51,65)(H,52,64)(H,53,66)(H,68,69)(H,70,71)(H2,48,73,74)(H2,50,55,72)(H,54,57,63)/t33-,34-,35-/m0/s1. The number of primary sulfonamides is 1. The number of amides is 7. The maximum absolute atomic E-state index is 13.4. The second-order valence-electron chi connectivity index (χ2n) is 17.6. The highest BCUT2D eigenvalue weighted by Gasteiger charge is 2.33. The van der Waals surface area contributed by atoms with Crippen LogP contribution < -0.4 is 42.3 Å². The Hall–Kier alpha value is -7.81. The molecule has 2 radical (unpaired) electrons. The third kappa shape index (κ3) is 22.0. The minimum absolute atomic E-state index is 0.000260. The molecule has 29 nitrogen and oxygen atoms in total. The van der Waals surface area contributed by atoms with Crippen molar-refractivity contribution in [3.05, 3.63) is 71.5 Å². The second kappa shape index (κ2) is 31.4.